The van der Waals surface area contributed by atoms with Crippen molar-refractivity contribution in [1.29, 1.82) is 0 Å². The van der Waals surface area contributed by atoms with Crippen LogP contribution >= 0.6 is 23.2 Å². The summed E-state index contributed by atoms with van der Waals surface area (Å²) in [6.45, 7) is -0.396. The van der Waals surface area contributed by atoms with E-state index in [1.807, 2.05) is 0 Å². The summed E-state index contributed by atoms with van der Waals surface area (Å²) in [5.41, 5.74) is 6.63. The minimum Gasteiger partial charge on any atom is -0.397 e. The Labute approximate surface area is 97.6 Å². The maximum Gasteiger partial charge on any atom is 0.0723 e. The lowest BCUT2D eigenvalue weighted by Crippen LogP contribution is -2.28. The summed E-state index contributed by atoms with van der Waals surface area (Å²) < 4.78 is 0. The molecular formula is C9H12Cl2N2O2. The minimum absolute atomic E-state index is 0.198. The molecule has 0 amide bonds. The van der Waals surface area contributed by atoms with E-state index in [0.29, 0.717) is 21.4 Å². The highest BCUT2D eigenvalue weighted by Gasteiger charge is 2.09. The van der Waals surface area contributed by atoms with E-state index in [2.05, 4.69) is 5.32 Å². The molecule has 0 radical (unpaired) electrons. The molecule has 1 aromatic carbocycles. The summed E-state index contributed by atoms with van der Waals surface area (Å²) in [4.78, 5) is 0. The molecule has 4 nitrogen and oxygen atoms in total. The van der Waals surface area contributed by atoms with Crippen LogP contribution in [-0.4, -0.2) is 29.5 Å². The number of rotatable bonds is 4. The van der Waals surface area contributed by atoms with Crippen LogP contribution in [0.3, 0.4) is 0 Å². The Kier molecular flexibility index (Phi) is 4.47. The smallest absolute Gasteiger partial charge is 0.0723 e. The second-order valence-corrected chi connectivity index (χ2v) is 3.87. The third-order valence-corrected chi connectivity index (χ3v) is 2.61. The first kappa shape index (κ1) is 12.4. The summed E-state index contributed by atoms with van der Waals surface area (Å²) in [6, 6.07) is 2.60. The molecule has 5 N–H and O–H groups in total. The van der Waals surface area contributed by atoms with Crippen molar-refractivity contribution in [3.8, 4) is 0 Å². The van der Waals surface area contributed by atoms with Crippen molar-refractivity contribution in [2.24, 2.45) is 0 Å². The molecule has 0 heterocycles. The normalized spacial score (nSPS) is 10.7. The summed E-state index contributed by atoms with van der Waals surface area (Å²) in [6.07, 6.45) is 0. The zero-order valence-electron chi connectivity index (χ0n) is 7.87. The SMILES string of the molecule is Nc1cc(Cl)c(Cl)cc1NC(CO)CO. The fraction of sp³-hybridized carbons (Fsp3) is 0.333. The molecule has 15 heavy (non-hydrogen) atoms. The van der Waals surface area contributed by atoms with E-state index in [9.17, 15) is 0 Å². The van der Waals surface area contributed by atoms with Gasteiger partial charge < -0.3 is 21.3 Å². The lowest BCUT2D eigenvalue weighted by molar-refractivity contribution is 0.204. The van der Waals surface area contributed by atoms with Crippen molar-refractivity contribution < 1.29 is 10.2 Å². The minimum atomic E-state index is -0.468. The zero-order chi connectivity index (χ0) is 11.4. The molecule has 0 unspecified atom stereocenters. The first-order chi connectivity index (χ1) is 7.08. The molecule has 0 spiro atoms. The van der Waals surface area contributed by atoms with Crippen LogP contribution in [0.2, 0.25) is 10.0 Å². The van der Waals surface area contributed by atoms with Gasteiger partial charge in [0.2, 0.25) is 0 Å². The Morgan fingerprint density at radius 2 is 1.73 bits per heavy atom. The molecule has 6 heteroatoms. The van der Waals surface area contributed by atoms with Crippen LogP contribution in [0.25, 0.3) is 0 Å². The highest BCUT2D eigenvalue weighted by atomic mass is 35.5. The highest BCUT2D eigenvalue weighted by molar-refractivity contribution is 6.42. The number of anilines is 2. The summed E-state index contributed by atoms with van der Waals surface area (Å²) in [5.74, 6) is 0. The summed E-state index contributed by atoms with van der Waals surface area (Å²) >= 11 is 11.6. The molecular weight excluding hydrogens is 239 g/mol. The van der Waals surface area contributed by atoms with E-state index in [4.69, 9.17) is 39.1 Å². The molecule has 0 atom stereocenters. The lowest BCUT2D eigenvalue weighted by Gasteiger charge is -2.17. The first-order valence-corrected chi connectivity index (χ1v) is 5.06. The number of nitrogens with one attached hydrogen (secondary N) is 1. The van der Waals surface area contributed by atoms with Crippen molar-refractivity contribution in [3.05, 3.63) is 22.2 Å². The van der Waals surface area contributed by atoms with Crippen molar-refractivity contribution in [1.82, 2.24) is 0 Å². The Morgan fingerprint density at radius 3 is 2.27 bits per heavy atom. The van der Waals surface area contributed by atoms with E-state index < -0.39 is 6.04 Å². The predicted molar refractivity (Wildman–Crippen MR) is 62.5 cm³/mol. The van der Waals surface area contributed by atoms with Gasteiger partial charge in [-0.15, -0.1) is 0 Å². The maximum atomic E-state index is 8.88. The Bertz CT molecular complexity index is 343. The van der Waals surface area contributed by atoms with Gasteiger partial charge >= 0.3 is 0 Å². The molecule has 0 aromatic heterocycles. The van der Waals surface area contributed by atoms with E-state index >= 15 is 0 Å². The molecule has 0 aliphatic carbocycles. The Hall–Kier alpha value is -0.680. The molecule has 0 aliphatic rings. The maximum absolute atomic E-state index is 8.88. The fourth-order valence-electron chi connectivity index (χ4n) is 1.06. The van der Waals surface area contributed by atoms with Gasteiger partial charge in [0.25, 0.3) is 0 Å². The molecule has 0 saturated carbocycles. The van der Waals surface area contributed by atoms with Gasteiger partial charge in [0.1, 0.15) is 0 Å². The number of halogens is 2. The van der Waals surface area contributed by atoms with E-state index in [1.165, 1.54) is 6.07 Å². The number of nitrogens with two attached hydrogens (primary N) is 1. The van der Waals surface area contributed by atoms with Gasteiger partial charge in [-0.3, -0.25) is 0 Å². The van der Waals surface area contributed by atoms with Crippen molar-refractivity contribution >= 4 is 34.6 Å². The van der Waals surface area contributed by atoms with E-state index in [0.717, 1.165) is 0 Å². The van der Waals surface area contributed by atoms with Crippen molar-refractivity contribution in [2.75, 3.05) is 24.3 Å². The van der Waals surface area contributed by atoms with Gasteiger partial charge in [-0.1, -0.05) is 23.2 Å². The predicted octanol–water partition coefficient (Wildman–Crippen LogP) is 1.34. The Balaban J connectivity index is 2.89. The number of aliphatic hydroxyl groups excluding tert-OH is 2. The monoisotopic (exact) mass is 250 g/mol. The number of aliphatic hydroxyl groups is 2. The van der Waals surface area contributed by atoms with Crippen LogP contribution in [0.5, 0.6) is 0 Å². The van der Waals surface area contributed by atoms with Gasteiger partial charge in [-0.25, -0.2) is 0 Å². The van der Waals surface area contributed by atoms with Crippen LogP contribution in [0.15, 0.2) is 12.1 Å². The van der Waals surface area contributed by atoms with Gasteiger partial charge in [0.05, 0.1) is 40.7 Å². The molecule has 0 aliphatic heterocycles. The third kappa shape index (κ3) is 3.14. The highest BCUT2D eigenvalue weighted by Crippen LogP contribution is 2.30. The number of nitrogen functional groups attached to an aromatic ring is 1. The van der Waals surface area contributed by atoms with Crippen LogP contribution in [0.1, 0.15) is 0 Å². The second kappa shape index (κ2) is 5.42. The van der Waals surface area contributed by atoms with Gasteiger partial charge in [-0.2, -0.15) is 0 Å². The standard InChI is InChI=1S/C9H12Cl2N2O2/c10-6-1-8(12)9(2-7(6)11)13-5(3-14)4-15/h1-2,5,13-15H,3-4,12H2. The topological polar surface area (TPSA) is 78.5 Å². The third-order valence-electron chi connectivity index (χ3n) is 1.89. The van der Waals surface area contributed by atoms with E-state index in [1.54, 1.807) is 6.07 Å². The lowest BCUT2D eigenvalue weighted by atomic mass is 10.2. The molecule has 0 saturated heterocycles. The summed E-state index contributed by atoms with van der Waals surface area (Å²) in [5, 5.41) is 21.3. The molecule has 1 rings (SSSR count). The van der Waals surface area contributed by atoms with Crippen LogP contribution in [0.4, 0.5) is 11.4 Å². The van der Waals surface area contributed by atoms with Crippen molar-refractivity contribution in [3.63, 3.8) is 0 Å². The zero-order valence-corrected chi connectivity index (χ0v) is 9.39. The van der Waals surface area contributed by atoms with Gasteiger partial charge in [0.15, 0.2) is 0 Å². The van der Waals surface area contributed by atoms with Gasteiger partial charge in [-0.05, 0) is 12.1 Å². The number of benzene rings is 1. The van der Waals surface area contributed by atoms with Crippen LogP contribution in [-0.2, 0) is 0 Å². The second-order valence-electron chi connectivity index (χ2n) is 3.06. The molecule has 0 fully saturated rings. The Morgan fingerprint density at radius 1 is 1.20 bits per heavy atom. The summed E-state index contributed by atoms with van der Waals surface area (Å²) in [7, 11) is 0. The van der Waals surface area contributed by atoms with Gasteiger partial charge in [0, 0.05) is 0 Å². The molecule has 84 valence electrons. The van der Waals surface area contributed by atoms with Crippen molar-refractivity contribution in [2.45, 2.75) is 6.04 Å². The first-order valence-electron chi connectivity index (χ1n) is 4.31. The largest absolute Gasteiger partial charge is 0.397 e. The quantitative estimate of drug-likeness (QED) is 0.609. The molecule has 0 bridgehead atoms. The molecule has 1 aromatic rings. The number of hydrogen-bond acceptors (Lipinski definition) is 4. The fourth-order valence-corrected chi connectivity index (χ4v) is 1.39. The van der Waals surface area contributed by atoms with Crippen LogP contribution < -0.4 is 11.1 Å². The average Bonchev–Trinajstić information content (AvgIpc) is 2.21. The number of hydrogen-bond donors (Lipinski definition) is 4. The average molecular weight is 251 g/mol. The van der Waals surface area contributed by atoms with Crippen LogP contribution in [0, 0.1) is 0 Å². The van der Waals surface area contributed by atoms with E-state index in [-0.39, 0.29) is 13.2 Å².